The number of nitrogens with zero attached hydrogens (tertiary/aromatic N) is 3. The van der Waals surface area contributed by atoms with Gasteiger partial charge in [0.15, 0.2) is 0 Å². The maximum Gasteiger partial charge on any atom is 0.272 e. The molecule has 3 heterocycles. The lowest BCUT2D eigenvalue weighted by Crippen LogP contribution is -2.63. The van der Waals surface area contributed by atoms with Crippen LogP contribution in [-0.4, -0.2) is 71.1 Å². The van der Waals surface area contributed by atoms with Crippen molar-refractivity contribution in [3.8, 4) is 0 Å². The van der Waals surface area contributed by atoms with E-state index in [1.54, 1.807) is 0 Å². The summed E-state index contributed by atoms with van der Waals surface area (Å²) in [6.45, 7) is 3.62. The molecule has 7 heteroatoms. The predicted octanol–water partition coefficient (Wildman–Crippen LogP) is -0.293. The van der Waals surface area contributed by atoms with Crippen molar-refractivity contribution in [1.82, 2.24) is 19.8 Å². The highest BCUT2D eigenvalue weighted by molar-refractivity contribution is 5.92. The van der Waals surface area contributed by atoms with Crippen LogP contribution in [0.1, 0.15) is 23.3 Å². The van der Waals surface area contributed by atoms with Gasteiger partial charge in [-0.15, -0.1) is 0 Å². The van der Waals surface area contributed by atoms with Crippen LogP contribution in [0.4, 0.5) is 0 Å². The Hall–Kier alpha value is -1.73. The Morgan fingerprint density at radius 3 is 2.81 bits per heavy atom. The number of nitrogens with one attached hydrogen (secondary N) is 1. The van der Waals surface area contributed by atoms with Crippen LogP contribution in [0.2, 0.25) is 0 Å². The van der Waals surface area contributed by atoms with E-state index in [4.69, 9.17) is 4.74 Å². The number of ether oxygens (including phenoxy) is 1. The number of amides is 1. The van der Waals surface area contributed by atoms with Crippen LogP contribution < -0.4 is 5.56 Å². The molecule has 21 heavy (non-hydrogen) atoms. The van der Waals surface area contributed by atoms with Crippen molar-refractivity contribution in [2.45, 2.75) is 18.4 Å². The summed E-state index contributed by atoms with van der Waals surface area (Å²) in [7, 11) is 2.11. The minimum Gasteiger partial charge on any atom is -0.381 e. The Bertz CT molecular complexity index is 580. The molecule has 0 atom stereocenters. The van der Waals surface area contributed by atoms with Gasteiger partial charge in [0.1, 0.15) is 5.69 Å². The molecule has 1 aromatic rings. The summed E-state index contributed by atoms with van der Waals surface area (Å²) in [5, 5.41) is 0. The second kappa shape index (κ2) is 5.57. The maximum atomic E-state index is 12.6. The highest BCUT2D eigenvalue weighted by Crippen LogP contribution is 2.31. The summed E-state index contributed by atoms with van der Waals surface area (Å²) in [6.07, 6.45) is 4.44. The van der Waals surface area contributed by atoms with Gasteiger partial charge in [-0.2, -0.15) is 0 Å². The number of aromatic nitrogens is 2. The van der Waals surface area contributed by atoms with Gasteiger partial charge < -0.3 is 14.6 Å². The lowest BCUT2D eigenvalue weighted by Gasteiger charge is -2.51. The first-order valence-electron chi connectivity index (χ1n) is 7.23. The Labute approximate surface area is 122 Å². The number of piperazine rings is 1. The molecule has 2 fully saturated rings. The van der Waals surface area contributed by atoms with Gasteiger partial charge in [-0.05, 0) is 19.9 Å². The number of hydrogen-bond acceptors (Lipinski definition) is 5. The molecule has 1 spiro atoms. The summed E-state index contributed by atoms with van der Waals surface area (Å²) >= 11 is 0. The Morgan fingerprint density at radius 2 is 2.10 bits per heavy atom. The average Bonchev–Trinajstić information content (AvgIpc) is 2.50. The Kier molecular flexibility index (Phi) is 3.77. The molecule has 2 saturated heterocycles. The second-order valence-electron chi connectivity index (χ2n) is 5.80. The topological polar surface area (TPSA) is 78.5 Å². The number of aromatic amines is 1. The van der Waals surface area contributed by atoms with Gasteiger partial charge in [0.05, 0.1) is 12.4 Å². The number of H-pyrrole nitrogens is 1. The molecule has 1 amide bonds. The zero-order chi connectivity index (χ0) is 14.9. The van der Waals surface area contributed by atoms with Crippen LogP contribution in [0, 0.1) is 0 Å². The van der Waals surface area contributed by atoms with Crippen molar-refractivity contribution < 1.29 is 9.53 Å². The predicted molar refractivity (Wildman–Crippen MR) is 76.2 cm³/mol. The normalized spacial score (nSPS) is 22.4. The van der Waals surface area contributed by atoms with Crippen LogP contribution in [0.5, 0.6) is 0 Å². The minimum atomic E-state index is -0.351. The van der Waals surface area contributed by atoms with Crippen LogP contribution in [0.3, 0.4) is 0 Å². The molecule has 1 N–H and O–H groups in total. The summed E-state index contributed by atoms with van der Waals surface area (Å²) < 4.78 is 5.45. The summed E-state index contributed by atoms with van der Waals surface area (Å²) in [6, 6.07) is 0. The standard InChI is InChI=1S/C14H20N4O3/c1-17-4-5-18(10-14(17)2-6-21-7-3-14)13(20)11-8-15-9-12(19)16-11/h8-9H,2-7,10H2,1H3,(H,16,19). The molecule has 0 radical (unpaired) electrons. The molecule has 7 nitrogen and oxygen atoms in total. The molecular weight excluding hydrogens is 272 g/mol. The summed E-state index contributed by atoms with van der Waals surface area (Å²) in [5.41, 5.74) is -0.0979. The van der Waals surface area contributed by atoms with Crippen molar-refractivity contribution in [2.24, 2.45) is 0 Å². The highest BCUT2D eigenvalue weighted by atomic mass is 16.5. The van der Waals surface area contributed by atoms with Gasteiger partial charge in [0, 0.05) is 38.4 Å². The zero-order valence-electron chi connectivity index (χ0n) is 12.2. The molecule has 0 saturated carbocycles. The van der Waals surface area contributed by atoms with Gasteiger partial charge in [0.25, 0.3) is 11.5 Å². The molecule has 1 aromatic heterocycles. The van der Waals surface area contributed by atoms with Crippen LogP contribution in [0.15, 0.2) is 17.2 Å². The fourth-order valence-electron chi connectivity index (χ4n) is 3.18. The van der Waals surface area contributed by atoms with E-state index in [9.17, 15) is 9.59 Å². The van der Waals surface area contributed by atoms with Gasteiger partial charge in [0.2, 0.25) is 0 Å². The Morgan fingerprint density at radius 1 is 1.33 bits per heavy atom. The number of carbonyl (C=O) groups is 1. The first-order valence-corrected chi connectivity index (χ1v) is 7.23. The average molecular weight is 292 g/mol. The third kappa shape index (κ3) is 2.71. The summed E-state index contributed by atoms with van der Waals surface area (Å²) in [5.74, 6) is -0.154. The lowest BCUT2D eigenvalue weighted by atomic mass is 9.86. The molecule has 3 rings (SSSR count). The number of rotatable bonds is 1. The van der Waals surface area contributed by atoms with Crippen molar-refractivity contribution in [2.75, 3.05) is 39.9 Å². The SMILES string of the molecule is CN1CCN(C(=O)c2cncc(=O)[nH]2)CC12CCOCC2. The highest BCUT2D eigenvalue weighted by Gasteiger charge is 2.42. The molecule has 0 aromatic carbocycles. The van der Waals surface area contributed by atoms with Crippen molar-refractivity contribution >= 4 is 5.91 Å². The number of carbonyl (C=O) groups excluding carboxylic acids is 1. The monoisotopic (exact) mass is 292 g/mol. The third-order valence-electron chi connectivity index (χ3n) is 4.59. The molecule has 0 bridgehead atoms. The van der Waals surface area contributed by atoms with Gasteiger partial charge >= 0.3 is 0 Å². The van der Waals surface area contributed by atoms with Crippen LogP contribution in [-0.2, 0) is 4.74 Å². The minimum absolute atomic E-state index is 0.00529. The van der Waals surface area contributed by atoms with E-state index < -0.39 is 0 Å². The smallest absolute Gasteiger partial charge is 0.272 e. The molecule has 0 aliphatic carbocycles. The Balaban J connectivity index is 1.80. The largest absolute Gasteiger partial charge is 0.381 e. The number of likely N-dealkylation sites (N-methyl/N-ethyl adjacent to an activating group) is 1. The van der Waals surface area contributed by atoms with E-state index in [1.165, 1.54) is 12.4 Å². The van der Waals surface area contributed by atoms with E-state index in [0.29, 0.717) is 13.1 Å². The second-order valence-corrected chi connectivity index (χ2v) is 5.80. The lowest BCUT2D eigenvalue weighted by molar-refractivity contribution is -0.0544. The van der Waals surface area contributed by atoms with E-state index in [1.807, 2.05) is 4.90 Å². The third-order valence-corrected chi connectivity index (χ3v) is 4.59. The van der Waals surface area contributed by atoms with Gasteiger partial charge in [-0.25, -0.2) is 0 Å². The van der Waals surface area contributed by atoms with Gasteiger partial charge in [-0.1, -0.05) is 0 Å². The molecule has 2 aliphatic rings. The fraction of sp³-hybridized carbons (Fsp3) is 0.643. The summed E-state index contributed by atoms with van der Waals surface area (Å²) in [4.78, 5) is 34.4. The molecule has 114 valence electrons. The van der Waals surface area contributed by atoms with Crippen molar-refractivity contribution in [3.05, 3.63) is 28.4 Å². The zero-order valence-corrected chi connectivity index (χ0v) is 12.2. The quantitative estimate of drug-likeness (QED) is 0.769. The van der Waals surface area contributed by atoms with E-state index >= 15 is 0 Å². The maximum absolute atomic E-state index is 12.6. The van der Waals surface area contributed by atoms with Crippen molar-refractivity contribution in [3.63, 3.8) is 0 Å². The van der Waals surface area contributed by atoms with Crippen molar-refractivity contribution in [1.29, 1.82) is 0 Å². The van der Waals surface area contributed by atoms with Crippen LogP contribution in [0.25, 0.3) is 0 Å². The van der Waals surface area contributed by atoms with E-state index in [-0.39, 0.29) is 22.7 Å². The fourth-order valence-corrected chi connectivity index (χ4v) is 3.18. The molecule has 0 unspecified atom stereocenters. The first kappa shape index (κ1) is 14.2. The molecule has 2 aliphatic heterocycles. The molecular formula is C14H20N4O3. The first-order chi connectivity index (χ1) is 10.1. The van der Waals surface area contributed by atoms with Gasteiger partial charge in [-0.3, -0.25) is 19.5 Å². The number of hydrogen-bond donors (Lipinski definition) is 1. The van der Waals surface area contributed by atoms with E-state index in [0.717, 1.165) is 32.6 Å². The van der Waals surface area contributed by atoms with Crippen LogP contribution >= 0.6 is 0 Å². The van der Waals surface area contributed by atoms with E-state index in [2.05, 4.69) is 21.9 Å².